The number of hydrogen-bond donors (Lipinski definition) is 0. The van der Waals surface area contributed by atoms with Gasteiger partial charge in [0.1, 0.15) is 0 Å². The molecule has 4 heavy (non-hydrogen) atoms. The molecule has 0 aromatic rings. The Hall–Kier alpha value is 1.50. The van der Waals surface area contributed by atoms with Crippen LogP contribution in [0, 0.1) is 0 Å². The summed E-state index contributed by atoms with van der Waals surface area (Å²) in [6.07, 6.45) is 0. The molecule has 0 aliphatic heterocycles. The summed E-state index contributed by atoms with van der Waals surface area (Å²) >= 11 is 2.00. The third-order valence-electron chi connectivity index (χ3n) is 0. The van der Waals surface area contributed by atoms with E-state index in [1.54, 1.807) is 0 Å². The van der Waals surface area contributed by atoms with Crippen molar-refractivity contribution in [1.82, 2.24) is 0 Å². The summed E-state index contributed by atoms with van der Waals surface area (Å²) in [5.74, 6) is 0. The first-order valence-corrected chi connectivity index (χ1v) is 0.595. The summed E-state index contributed by atoms with van der Waals surface area (Å²) in [6, 6.07) is 0. The molecule has 0 atom stereocenters. The second-order valence-corrected chi connectivity index (χ2v) is 0. The molecule has 30 valence electrons. The van der Waals surface area contributed by atoms with Crippen LogP contribution < -0.4 is 0 Å². The predicted octanol–water partition coefficient (Wildman–Crippen LogP) is -0.126. The molecule has 0 heterocycles. The molecule has 0 aliphatic carbocycles. The van der Waals surface area contributed by atoms with Crippen LogP contribution in [0.1, 0.15) is 0 Å². The predicted molar refractivity (Wildman–Crippen MR) is 0.686 cm³/mol. The van der Waals surface area contributed by atoms with E-state index in [1.807, 2.05) is 15.9 Å². The van der Waals surface area contributed by atoms with Crippen LogP contribution in [0.5, 0.6) is 0 Å². The van der Waals surface area contributed by atoms with Crippen molar-refractivity contribution in [2.75, 3.05) is 0 Å². The summed E-state index contributed by atoms with van der Waals surface area (Å²) < 4.78 is 8.00. The first kappa shape index (κ1) is 17.8. The zero-order valence-electron chi connectivity index (χ0n) is 1.49. The molecule has 0 saturated carbocycles. The summed E-state index contributed by atoms with van der Waals surface area (Å²) in [4.78, 5) is 0. The van der Waals surface area contributed by atoms with Gasteiger partial charge in [-0.15, -0.1) is 0 Å². The Morgan fingerprint density at radius 3 is 1.25 bits per heavy atom. The van der Waals surface area contributed by atoms with Crippen LogP contribution in [-0.4, -0.2) is 0 Å². The van der Waals surface area contributed by atoms with Crippen LogP contribution in [0.25, 0.3) is 0 Å². The molecule has 0 radical (unpaired) electrons. The van der Waals surface area contributed by atoms with E-state index < -0.39 is 0 Å². The van der Waals surface area contributed by atoms with Gasteiger partial charge in [-0.25, -0.2) is 0 Å². The molecule has 0 spiro atoms. The van der Waals surface area contributed by atoms with E-state index in [2.05, 4.69) is 0 Å². The summed E-state index contributed by atoms with van der Waals surface area (Å²) in [7, 11) is 0. The zero-order chi connectivity index (χ0) is 2.00. The summed E-state index contributed by atoms with van der Waals surface area (Å²) in [5.41, 5.74) is 0. The number of rotatable bonds is 0. The standard InChI is InChI=1S/Fe.Mo.Ni.O. The van der Waals surface area contributed by atoms with Gasteiger partial charge in [0.2, 0.25) is 0 Å². The Morgan fingerprint density at radius 2 is 1.25 bits per heavy atom. The van der Waals surface area contributed by atoms with Gasteiger partial charge in [-0.3, -0.25) is 0 Å². The maximum absolute atomic E-state index is 8.00. The van der Waals surface area contributed by atoms with Gasteiger partial charge in [0.15, 0.2) is 0 Å². The molecule has 0 aliphatic rings. The Morgan fingerprint density at radius 1 is 1.25 bits per heavy atom. The quantitative estimate of drug-likeness (QED) is 0.526. The van der Waals surface area contributed by atoms with Gasteiger partial charge in [0.05, 0.1) is 0 Å². The number of hydrogen-bond acceptors (Lipinski definition) is 1. The van der Waals surface area contributed by atoms with Crippen molar-refractivity contribution < 1.29 is 57.3 Å². The van der Waals surface area contributed by atoms with Crippen LogP contribution in [0.4, 0.5) is 0 Å². The molecular weight excluding hydrogens is 226 g/mol. The minimum atomic E-state index is 0. The van der Waals surface area contributed by atoms with E-state index >= 15 is 0 Å². The van der Waals surface area contributed by atoms with Gasteiger partial charge in [-0.1, -0.05) is 0 Å². The molecule has 0 bridgehead atoms. The van der Waals surface area contributed by atoms with Gasteiger partial charge in [-0.05, 0) is 0 Å². The molecular formula is FeMoNiO. The molecule has 0 amide bonds. The van der Waals surface area contributed by atoms with Gasteiger partial charge >= 0.3 is 19.8 Å². The molecule has 0 aromatic carbocycles. The first-order valence-electron chi connectivity index (χ1n) is 0.144. The van der Waals surface area contributed by atoms with Crippen molar-refractivity contribution in [3.63, 3.8) is 0 Å². The van der Waals surface area contributed by atoms with Crippen LogP contribution in [0.15, 0.2) is 0 Å². The molecule has 0 aromatic heterocycles. The fraction of sp³-hybridized carbons (Fsp3) is 0. The molecule has 0 N–H and O–H groups in total. The normalized spacial score (nSPS) is 1.25. The molecule has 0 fully saturated rings. The van der Waals surface area contributed by atoms with Gasteiger partial charge < -0.3 is 0 Å². The first-order chi connectivity index (χ1) is 1.00. The van der Waals surface area contributed by atoms with E-state index in [4.69, 9.17) is 3.83 Å². The van der Waals surface area contributed by atoms with Crippen LogP contribution >= 0.6 is 0 Å². The topological polar surface area (TPSA) is 17.1 Å². The average molecular weight is 226 g/mol. The van der Waals surface area contributed by atoms with Crippen molar-refractivity contribution in [2.24, 2.45) is 0 Å². The van der Waals surface area contributed by atoms with E-state index in [0.29, 0.717) is 0 Å². The van der Waals surface area contributed by atoms with Crippen molar-refractivity contribution in [1.29, 1.82) is 0 Å². The molecule has 4 heteroatoms. The van der Waals surface area contributed by atoms with E-state index in [0.717, 1.165) is 0 Å². The van der Waals surface area contributed by atoms with Crippen molar-refractivity contribution in [3.05, 3.63) is 0 Å². The second-order valence-electron chi connectivity index (χ2n) is 0. The molecule has 1 nitrogen and oxygen atoms in total. The molecule has 0 rings (SSSR count). The van der Waals surface area contributed by atoms with Crippen LogP contribution in [0.3, 0.4) is 0 Å². The molecule has 0 saturated heterocycles. The van der Waals surface area contributed by atoms with Crippen molar-refractivity contribution in [3.8, 4) is 0 Å². The van der Waals surface area contributed by atoms with Gasteiger partial charge in [-0.2, -0.15) is 0 Å². The monoisotopic (exact) mass is 228 g/mol. The second kappa shape index (κ2) is 24.5. The van der Waals surface area contributed by atoms with E-state index in [9.17, 15) is 0 Å². The SMILES string of the molecule is [Mo].[Ni].[O]=[Fe]. The fourth-order valence-corrected chi connectivity index (χ4v) is 0. The Bertz CT molecular complexity index is 8.00. The van der Waals surface area contributed by atoms with Crippen molar-refractivity contribution >= 4 is 0 Å². The molecule has 0 unspecified atom stereocenters. The maximum atomic E-state index is 8.00. The van der Waals surface area contributed by atoms with E-state index in [-0.39, 0.29) is 37.6 Å². The zero-order valence-corrected chi connectivity index (χ0v) is 5.59. The van der Waals surface area contributed by atoms with Gasteiger partial charge in [0.25, 0.3) is 0 Å². The summed E-state index contributed by atoms with van der Waals surface area (Å²) in [5, 5.41) is 0. The fourth-order valence-electron chi connectivity index (χ4n) is 0. The Labute approximate surface area is 57.1 Å². The minimum absolute atomic E-state index is 0. The Balaban J connectivity index is -0.00000000500. The van der Waals surface area contributed by atoms with Crippen LogP contribution in [0.2, 0.25) is 0 Å². The van der Waals surface area contributed by atoms with Crippen LogP contribution in [-0.2, 0) is 57.3 Å². The average Bonchev–Trinajstić information content (AvgIpc) is 1.00. The Kier molecular flexibility index (Phi) is 109. The third-order valence-corrected chi connectivity index (χ3v) is 0. The third kappa shape index (κ3) is 9.72. The van der Waals surface area contributed by atoms with E-state index in [1.165, 1.54) is 0 Å². The summed E-state index contributed by atoms with van der Waals surface area (Å²) in [6.45, 7) is 0. The van der Waals surface area contributed by atoms with Gasteiger partial charge in [0, 0.05) is 37.6 Å². The van der Waals surface area contributed by atoms with Crippen molar-refractivity contribution in [2.45, 2.75) is 0 Å².